The Balaban J connectivity index is 0.000000271. The van der Waals surface area contributed by atoms with Crippen molar-refractivity contribution in [2.75, 3.05) is 53.6 Å². The lowest BCUT2D eigenvalue weighted by atomic mass is 9.81. The highest BCUT2D eigenvalue weighted by Gasteiger charge is 2.40. The maximum atomic E-state index is 13.9. The van der Waals surface area contributed by atoms with Crippen LogP contribution in [0.3, 0.4) is 0 Å². The number of likely N-dealkylation sites (N-methyl/N-ethyl adjacent to an activating group) is 2. The summed E-state index contributed by atoms with van der Waals surface area (Å²) in [5.41, 5.74) is 7.42. The van der Waals surface area contributed by atoms with Gasteiger partial charge in [0.2, 0.25) is 0 Å². The molecule has 2 aliphatic heterocycles. The molecule has 0 aromatic heterocycles. The molecule has 0 saturated carbocycles. The highest BCUT2D eigenvalue weighted by Crippen LogP contribution is 2.40. The van der Waals surface area contributed by atoms with E-state index in [-0.39, 0.29) is 33.4 Å². The van der Waals surface area contributed by atoms with Crippen LogP contribution in [0, 0.1) is 25.5 Å². The minimum atomic E-state index is -4.56. The molecule has 3 N–H and O–H groups in total. The zero-order chi connectivity index (χ0) is 35.4. The topological polar surface area (TPSA) is 70.8 Å². The Kier molecular flexibility index (Phi) is 11.9. The predicted molar refractivity (Wildman–Crippen MR) is 181 cm³/mol. The standard InChI is InChI=1S/C23H26F4N2O2S.C13H19FN2/c1-14-10-15(6-7-17(14)24)22(8-5-9-29(2)13-22)28-21(30)20-18(31-3)11-16(23(25,26)27)12-19(20)32-4;1-10-8-11(4-5-12(10)14)13(15)6-3-7-16(2)9-13/h6-7,10-12H,5,8-9,13H2,1-4H3,(H,28,30);4-5,8H,3,6-7,9,15H2,1-2H3. The summed E-state index contributed by atoms with van der Waals surface area (Å²) in [7, 11) is 5.25. The number of carbonyl (C=O) groups is 1. The van der Waals surface area contributed by atoms with Crippen LogP contribution in [0.4, 0.5) is 22.0 Å². The fourth-order valence-electron chi connectivity index (χ4n) is 6.70. The molecule has 0 aliphatic carbocycles. The molecule has 5 rings (SSSR count). The number of amides is 1. The second kappa shape index (κ2) is 15.1. The SMILES string of the molecule is COc1cc(C(F)(F)F)cc(SC)c1C(=O)NC1(c2ccc(F)c(C)c2)CCCN(C)C1.Cc1cc(C2(N)CCCN(C)C2)ccc1F. The first-order valence-electron chi connectivity index (χ1n) is 15.9. The third kappa shape index (κ3) is 8.50. The number of piperidine rings is 2. The van der Waals surface area contributed by atoms with Crippen LogP contribution in [0.2, 0.25) is 0 Å². The average Bonchev–Trinajstić information content (AvgIpc) is 3.02. The number of hydrogen-bond acceptors (Lipinski definition) is 6. The molecule has 262 valence electrons. The lowest BCUT2D eigenvalue weighted by Crippen LogP contribution is -2.55. The Hall–Kier alpha value is -3.19. The molecule has 2 aliphatic rings. The molecule has 2 saturated heterocycles. The van der Waals surface area contributed by atoms with Crippen LogP contribution in [-0.2, 0) is 17.3 Å². The van der Waals surface area contributed by atoms with E-state index in [1.807, 2.05) is 19.2 Å². The third-order valence-electron chi connectivity index (χ3n) is 9.25. The highest BCUT2D eigenvalue weighted by atomic mass is 32.2. The Morgan fingerprint density at radius 2 is 1.46 bits per heavy atom. The fourth-order valence-corrected chi connectivity index (χ4v) is 7.34. The summed E-state index contributed by atoms with van der Waals surface area (Å²) in [5.74, 6) is -1.17. The van der Waals surface area contributed by atoms with Gasteiger partial charge < -0.3 is 25.6 Å². The summed E-state index contributed by atoms with van der Waals surface area (Å²) in [6, 6.07) is 11.8. The van der Waals surface area contributed by atoms with Gasteiger partial charge in [0.25, 0.3) is 5.91 Å². The second-order valence-electron chi connectivity index (χ2n) is 13.1. The first-order chi connectivity index (χ1) is 22.5. The van der Waals surface area contributed by atoms with Crippen molar-refractivity contribution in [2.45, 2.75) is 61.7 Å². The van der Waals surface area contributed by atoms with E-state index in [2.05, 4.69) is 22.2 Å². The van der Waals surface area contributed by atoms with Gasteiger partial charge in [-0.05, 0) is 119 Å². The van der Waals surface area contributed by atoms with Crippen LogP contribution in [0.5, 0.6) is 5.75 Å². The van der Waals surface area contributed by atoms with Crippen LogP contribution in [-0.4, -0.2) is 69.3 Å². The molecule has 0 spiro atoms. The minimum absolute atomic E-state index is 0.0550. The summed E-state index contributed by atoms with van der Waals surface area (Å²) in [5, 5.41) is 3.07. The number of halogens is 5. The molecule has 2 heterocycles. The van der Waals surface area contributed by atoms with Crippen molar-refractivity contribution < 1.29 is 31.5 Å². The fraction of sp³-hybridized carbons (Fsp3) is 0.472. The largest absolute Gasteiger partial charge is 0.496 e. The number of methoxy groups -OCH3 is 1. The van der Waals surface area contributed by atoms with E-state index < -0.39 is 23.2 Å². The van der Waals surface area contributed by atoms with E-state index >= 15 is 0 Å². The van der Waals surface area contributed by atoms with E-state index in [9.17, 15) is 26.7 Å². The number of nitrogens with zero attached hydrogens (tertiary/aromatic N) is 2. The van der Waals surface area contributed by atoms with E-state index in [4.69, 9.17) is 10.5 Å². The van der Waals surface area contributed by atoms with Gasteiger partial charge in [0, 0.05) is 18.0 Å². The molecule has 0 bridgehead atoms. The number of hydrogen-bond donors (Lipinski definition) is 2. The molecule has 3 aromatic carbocycles. The number of aryl methyl sites for hydroxylation is 2. The predicted octanol–water partition coefficient (Wildman–Crippen LogP) is 7.25. The number of benzene rings is 3. The normalized spacial score (nSPS) is 22.1. The number of thioether (sulfide) groups is 1. The number of nitrogens with one attached hydrogen (secondary N) is 1. The summed E-state index contributed by atoms with van der Waals surface area (Å²) < 4.78 is 72.3. The number of alkyl halides is 3. The van der Waals surface area contributed by atoms with Gasteiger partial charge in [-0.1, -0.05) is 24.3 Å². The van der Waals surface area contributed by atoms with Gasteiger partial charge in [0.15, 0.2) is 0 Å². The molecule has 2 unspecified atom stereocenters. The van der Waals surface area contributed by atoms with E-state index in [0.29, 0.717) is 24.1 Å². The third-order valence-corrected chi connectivity index (χ3v) is 10.0. The Morgan fingerprint density at radius 1 is 0.896 bits per heavy atom. The molecule has 1 amide bonds. The van der Waals surface area contributed by atoms with Crippen LogP contribution >= 0.6 is 11.8 Å². The molecule has 2 atom stereocenters. The second-order valence-corrected chi connectivity index (χ2v) is 13.9. The molecule has 2 fully saturated rings. The lowest BCUT2D eigenvalue weighted by Gasteiger charge is -2.43. The van der Waals surface area contributed by atoms with E-state index in [0.717, 1.165) is 73.9 Å². The van der Waals surface area contributed by atoms with Gasteiger partial charge in [-0.3, -0.25) is 4.79 Å². The molecular formula is C36H45F5N4O2S. The van der Waals surface area contributed by atoms with Crippen molar-refractivity contribution in [1.29, 1.82) is 0 Å². The number of ether oxygens (including phenoxy) is 1. The Morgan fingerprint density at radius 3 is 1.98 bits per heavy atom. The first kappa shape index (κ1) is 37.6. The summed E-state index contributed by atoms with van der Waals surface area (Å²) >= 11 is 1.04. The van der Waals surface area contributed by atoms with Crippen molar-refractivity contribution in [2.24, 2.45) is 5.73 Å². The van der Waals surface area contributed by atoms with Gasteiger partial charge in [-0.2, -0.15) is 13.2 Å². The Labute approximate surface area is 284 Å². The van der Waals surface area contributed by atoms with Gasteiger partial charge >= 0.3 is 6.18 Å². The van der Waals surface area contributed by atoms with Crippen molar-refractivity contribution in [3.63, 3.8) is 0 Å². The first-order valence-corrected chi connectivity index (χ1v) is 17.1. The monoisotopic (exact) mass is 692 g/mol. The molecule has 12 heteroatoms. The smallest absolute Gasteiger partial charge is 0.416 e. The van der Waals surface area contributed by atoms with Gasteiger partial charge in [0.05, 0.1) is 29.3 Å². The van der Waals surface area contributed by atoms with Gasteiger partial charge in [0.1, 0.15) is 17.4 Å². The average molecular weight is 693 g/mol. The van der Waals surface area contributed by atoms with Gasteiger partial charge in [-0.25, -0.2) is 8.78 Å². The van der Waals surface area contributed by atoms with E-state index in [1.54, 1.807) is 32.2 Å². The Bertz CT molecular complexity index is 1590. The van der Waals surface area contributed by atoms with Crippen LogP contribution in [0.15, 0.2) is 53.4 Å². The summed E-state index contributed by atoms with van der Waals surface area (Å²) in [6.07, 6.45) is 0.537. The van der Waals surface area contributed by atoms with Crippen LogP contribution < -0.4 is 15.8 Å². The van der Waals surface area contributed by atoms with Crippen molar-refractivity contribution in [1.82, 2.24) is 15.1 Å². The lowest BCUT2D eigenvalue weighted by molar-refractivity contribution is -0.137. The molecular weight excluding hydrogens is 647 g/mol. The van der Waals surface area contributed by atoms with Crippen molar-refractivity contribution >= 4 is 17.7 Å². The molecule has 6 nitrogen and oxygen atoms in total. The van der Waals surface area contributed by atoms with Crippen molar-refractivity contribution in [3.05, 3.63) is 93.5 Å². The quantitative estimate of drug-likeness (QED) is 0.210. The maximum Gasteiger partial charge on any atom is 0.416 e. The zero-order valence-corrected chi connectivity index (χ0v) is 29.2. The number of likely N-dealkylation sites (tertiary alicyclic amines) is 2. The number of rotatable bonds is 6. The van der Waals surface area contributed by atoms with Crippen LogP contribution in [0.25, 0.3) is 0 Å². The minimum Gasteiger partial charge on any atom is -0.496 e. The van der Waals surface area contributed by atoms with E-state index in [1.165, 1.54) is 19.2 Å². The van der Waals surface area contributed by atoms with Gasteiger partial charge in [-0.15, -0.1) is 11.8 Å². The molecule has 48 heavy (non-hydrogen) atoms. The molecule has 0 radical (unpaired) electrons. The number of carbonyl (C=O) groups excluding carboxylic acids is 1. The zero-order valence-electron chi connectivity index (χ0n) is 28.4. The number of nitrogens with two attached hydrogens (primary N) is 1. The highest BCUT2D eigenvalue weighted by molar-refractivity contribution is 7.98. The summed E-state index contributed by atoms with van der Waals surface area (Å²) in [6.45, 7) is 6.72. The maximum absolute atomic E-state index is 13.9. The molecule has 3 aromatic rings. The summed E-state index contributed by atoms with van der Waals surface area (Å²) in [4.78, 5) is 18.0. The van der Waals surface area contributed by atoms with Crippen molar-refractivity contribution in [3.8, 4) is 5.75 Å². The van der Waals surface area contributed by atoms with Crippen LogP contribution in [0.1, 0.15) is 63.9 Å².